The molecule has 0 bridgehead atoms. The number of hydrogen-bond donors (Lipinski definition) is 1. The van der Waals surface area contributed by atoms with E-state index < -0.39 is 0 Å². The molecule has 5 heteroatoms. The summed E-state index contributed by atoms with van der Waals surface area (Å²) in [5, 5.41) is 1.37. The van der Waals surface area contributed by atoms with Crippen molar-refractivity contribution in [3.05, 3.63) is 54.4 Å². The molecular weight excluding hydrogens is 360 g/mol. The Labute approximate surface area is 172 Å². The van der Waals surface area contributed by atoms with Gasteiger partial charge in [-0.25, -0.2) is 4.98 Å². The summed E-state index contributed by atoms with van der Waals surface area (Å²) in [6.07, 6.45) is 9.26. The van der Waals surface area contributed by atoms with E-state index in [2.05, 4.69) is 62.4 Å². The number of nitrogens with zero attached hydrogens (tertiary/aromatic N) is 3. The zero-order valence-corrected chi connectivity index (χ0v) is 17.2. The van der Waals surface area contributed by atoms with Gasteiger partial charge in [-0.15, -0.1) is 0 Å². The summed E-state index contributed by atoms with van der Waals surface area (Å²) in [6.45, 7) is 5.73. The van der Waals surface area contributed by atoms with E-state index >= 15 is 0 Å². The van der Waals surface area contributed by atoms with Gasteiger partial charge >= 0.3 is 0 Å². The Morgan fingerprint density at radius 2 is 1.97 bits per heavy atom. The highest BCUT2D eigenvalue weighted by molar-refractivity contribution is 5.82. The van der Waals surface area contributed by atoms with Crippen molar-refractivity contribution in [3.63, 3.8) is 0 Å². The summed E-state index contributed by atoms with van der Waals surface area (Å²) in [5.41, 5.74) is 4.38. The predicted octanol–water partition coefficient (Wildman–Crippen LogP) is 4.45. The number of rotatable bonds is 4. The highest BCUT2D eigenvalue weighted by atomic mass is 16.5. The topological polar surface area (TPSA) is 44.4 Å². The van der Waals surface area contributed by atoms with Gasteiger partial charge < -0.3 is 14.6 Å². The molecule has 1 aromatic carbocycles. The van der Waals surface area contributed by atoms with Crippen LogP contribution in [0.3, 0.4) is 0 Å². The lowest BCUT2D eigenvalue weighted by molar-refractivity contribution is 0.0608. The molecule has 0 aliphatic carbocycles. The van der Waals surface area contributed by atoms with E-state index in [4.69, 9.17) is 4.74 Å². The first kappa shape index (κ1) is 18.5. The zero-order chi connectivity index (χ0) is 19.7. The number of ether oxygens (including phenoxy) is 1. The zero-order valence-electron chi connectivity index (χ0n) is 17.2. The van der Waals surface area contributed by atoms with Crippen LogP contribution in [0.1, 0.15) is 31.2 Å². The highest BCUT2D eigenvalue weighted by Crippen LogP contribution is 2.41. The average Bonchev–Trinajstić information content (AvgIpc) is 3.17. The summed E-state index contributed by atoms with van der Waals surface area (Å²) in [5.74, 6) is 0.699. The van der Waals surface area contributed by atoms with Gasteiger partial charge in [-0.3, -0.25) is 4.90 Å². The molecule has 2 saturated heterocycles. The van der Waals surface area contributed by atoms with Crippen LogP contribution in [0, 0.1) is 5.41 Å². The van der Waals surface area contributed by atoms with Gasteiger partial charge in [0.15, 0.2) is 0 Å². The number of piperidine rings is 2. The van der Waals surface area contributed by atoms with E-state index in [1.807, 2.05) is 6.20 Å². The molecule has 2 fully saturated rings. The van der Waals surface area contributed by atoms with Gasteiger partial charge in [0.2, 0.25) is 5.88 Å². The third-order valence-electron chi connectivity index (χ3n) is 6.93. The fraction of sp³-hybridized carbons (Fsp3) is 0.458. The second kappa shape index (κ2) is 7.71. The molecule has 29 heavy (non-hydrogen) atoms. The number of anilines is 1. The van der Waals surface area contributed by atoms with E-state index in [9.17, 15) is 0 Å². The summed E-state index contributed by atoms with van der Waals surface area (Å²) >= 11 is 0. The fourth-order valence-corrected chi connectivity index (χ4v) is 5.30. The standard InChI is InChI=1S/C24H30N4O/c1-29-23-15-20(7-11-25-23)28-13-9-24(10-14-28)8-4-12-27(18-24)17-19-16-26-22-6-3-2-5-21(19)22/h2-3,5-7,11,15-16,26H,4,8-10,12-14,17-18H2,1H3. The number of hydrogen-bond acceptors (Lipinski definition) is 4. The molecule has 1 spiro atoms. The van der Waals surface area contributed by atoms with Crippen LogP contribution >= 0.6 is 0 Å². The lowest BCUT2D eigenvalue weighted by Crippen LogP contribution is -2.49. The Hall–Kier alpha value is -2.53. The van der Waals surface area contributed by atoms with Crippen LogP contribution < -0.4 is 9.64 Å². The number of para-hydroxylation sites is 1. The van der Waals surface area contributed by atoms with E-state index in [0.29, 0.717) is 11.3 Å². The van der Waals surface area contributed by atoms with E-state index in [1.165, 1.54) is 60.9 Å². The molecule has 152 valence electrons. The van der Waals surface area contributed by atoms with Crippen LogP contribution in [0.5, 0.6) is 5.88 Å². The first-order chi connectivity index (χ1) is 14.2. The third-order valence-corrected chi connectivity index (χ3v) is 6.93. The van der Waals surface area contributed by atoms with Crippen LogP contribution in [0.25, 0.3) is 10.9 Å². The fourth-order valence-electron chi connectivity index (χ4n) is 5.30. The second-order valence-corrected chi connectivity index (χ2v) is 8.72. The molecule has 2 aliphatic rings. The molecule has 0 unspecified atom stereocenters. The Kier molecular flexibility index (Phi) is 4.92. The maximum absolute atomic E-state index is 5.30. The second-order valence-electron chi connectivity index (χ2n) is 8.72. The normalized spacial score (nSPS) is 19.7. The average molecular weight is 391 g/mol. The number of nitrogens with one attached hydrogen (secondary N) is 1. The molecule has 5 rings (SSSR count). The van der Waals surface area contributed by atoms with Crippen molar-refractivity contribution in [2.75, 3.05) is 38.2 Å². The summed E-state index contributed by atoms with van der Waals surface area (Å²) < 4.78 is 5.30. The minimum absolute atomic E-state index is 0.470. The number of likely N-dealkylation sites (tertiary alicyclic amines) is 1. The maximum atomic E-state index is 5.30. The van der Waals surface area contributed by atoms with E-state index in [1.54, 1.807) is 7.11 Å². The van der Waals surface area contributed by atoms with Crippen molar-refractivity contribution in [2.24, 2.45) is 5.41 Å². The third kappa shape index (κ3) is 3.71. The molecule has 2 aromatic heterocycles. The van der Waals surface area contributed by atoms with Crippen molar-refractivity contribution < 1.29 is 4.74 Å². The van der Waals surface area contributed by atoms with Crippen LogP contribution in [0.4, 0.5) is 5.69 Å². The number of aromatic nitrogens is 2. The predicted molar refractivity (Wildman–Crippen MR) is 117 cm³/mol. The van der Waals surface area contributed by atoms with Gasteiger partial charge in [0, 0.05) is 61.2 Å². The van der Waals surface area contributed by atoms with Gasteiger partial charge in [-0.05, 0) is 55.3 Å². The first-order valence-electron chi connectivity index (χ1n) is 10.8. The van der Waals surface area contributed by atoms with Gasteiger partial charge in [0.1, 0.15) is 0 Å². The van der Waals surface area contributed by atoms with Crippen LogP contribution in [0.15, 0.2) is 48.8 Å². The molecule has 2 aliphatic heterocycles. The molecule has 0 atom stereocenters. The minimum atomic E-state index is 0.470. The lowest BCUT2D eigenvalue weighted by atomic mass is 9.72. The van der Waals surface area contributed by atoms with Crippen molar-refractivity contribution in [1.29, 1.82) is 0 Å². The van der Waals surface area contributed by atoms with Gasteiger partial charge in [-0.2, -0.15) is 0 Å². The number of aromatic amines is 1. The van der Waals surface area contributed by atoms with Crippen molar-refractivity contribution in [3.8, 4) is 5.88 Å². The monoisotopic (exact) mass is 390 g/mol. The largest absolute Gasteiger partial charge is 0.481 e. The first-order valence-corrected chi connectivity index (χ1v) is 10.8. The van der Waals surface area contributed by atoms with Gasteiger partial charge in [-0.1, -0.05) is 18.2 Å². The smallest absolute Gasteiger partial charge is 0.214 e. The number of benzene rings is 1. The molecule has 3 aromatic rings. The number of pyridine rings is 1. The molecule has 0 radical (unpaired) electrons. The van der Waals surface area contributed by atoms with Gasteiger partial charge in [0.25, 0.3) is 0 Å². The Balaban J connectivity index is 1.25. The van der Waals surface area contributed by atoms with Crippen molar-refractivity contribution in [2.45, 2.75) is 32.2 Å². The molecular formula is C24H30N4O. The molecule has 5 nitrogen and oxygen atoms in total. The molecule has 4 heterocycles. The maximum Gasteiger partial charge on any atom is 0.214 e. The quantitative estimate of drug-likeness (QED) is 0.715. The van der Waals surface area contributed by atoms with E-state index in [0.717, 1.165) is 19.6 Å². The number of H-pyrrole nitrogens is 1. The molecule has 0 saturated carbocycles. The number of fused-ring (bicyclic) bond motifs is 1. The Morgan fingerprint density at radius 1 is 1.10 bits per heavy atom. The van der Waals surface area contributed by atoms with Crippen LogP contribution in [-0.4, -0.2) is 48.2 Å². The number of methoxy groups -OCH3 is 1. The summed E-state index contributed by atoms with van der Waals surface area (Å²) in [4.78, 5) is 12.9. The van der Waals surface area contributed by atoms with Gasteiger partial charge in [0.05, 0.1) is 7.11 Å². The summed E-state index contributed by atoms with van der Waals surface area (Å²) in [7, 11) is 1.68. The molecule has 1 N–H and O–H groups in total. The van der Waals surface area contributed by atoms with Crippen molar-refractivity contribution >= 4 is 16.6 Å². The van der Waals surface area contributed by atoms with Crippen LogP contribution in [-0.2, 0) is 6.54 Å². The highest BCUT2D eigenvalue weighted by Gasteiger charge is 2.38. The molecule has 0 amide bonds. The van der Waals surface area contributed by atoms with Crippen molar-refractivity contribution in [1.82, 2.24) is 14.9 Å². The Bertz CT molecular complexity index is 974. The SMILES string of the molecule is COc1cc(N2CCC3(CCCN(Cc4c[nH]c5ccccc45)C3)CC2)ccn1. The minimum Gasteiger partial charge on any atom is -0.481 e. The Morgan fingerprint density at radius 3 is 2.83 bits per heavy atom. The lowest BCUT2D eigenvalue weighted by Gasteiger charge is -2.48. The van der Waals surface area contributed by atoms with Crippen LogP contribution in [0.2, 0.25) is 0 Å². The summed E-state index contributed by atoms with van der Waals surface area (Å²) in [6, 6.07) is 12.8. The van der Waals surface area contributed by atoms with E-state index in [-0.39, 0.29) is 0 Å².